The van der Waals surface area contributed by atoms with E-state index in [0.29, 0.717) is 16.0 Å². The predicted octanol–water partition coefficient (Wildman–Crippen LogP) is 3.91. The lowest BCUT2D eigenvalue weighted by Gasteiger charge is -2.13. The fraction of sp³-hybridized carbons (Fsp3) is 0.409. The van der Waals surface area contributed by atoms with Crippen LogP contribution in [-0.2, 0) is 9.53 Å². The molecule has 1 aromatic carbocycles. The number of aryl methyl sites for hydroxylation is 1. The second-order valence-corrected chi connectivity index (χ2v) is 8.34. The van der Waals surface area contributed by atoms with Crippen LogP contribution in [0.2, 0.25) is 0 Å². The van der Waals surface area contributed by atoms with Crippen LogP contribution in [0.1, 0.15) is 52.0 Å². The van der Waals surface area contributed by atoms with E-state index in [0.717, 1.165) is 11.4 Å². The van der Waals surface area contributed by atoms with E-state index in [4.69, 9.17) is 4.74 Å². The molecular weight excluding hydrogens is 388 g/mol. The Morgan fingerprint density at radius 1 is 1.10 bits per heavy atom. The Bertz CT molecular complexity index is 916. The summed E-state index contributed by atoms with van der Waals surface area (Å²) in [5, 5.41) is 0. The smallest absolute Gasteiger partial charge is 0.339 e. The second kappa shape index (κ2) is 9.78. The van der Waals surface area contributed by atoms with Crippen molar-refractivity contribution in [2.75, 3.05) is 26.5 Å². The summed E-state index contributed by atoms with van der Waals surface area (Å²) in [6, 6.07) is 9.01. The van der Waals surface area contributed by atoms with Crippen LogP contribution >= 0.6 is 11.8 Å². The Kier molecular flexibility index (Phi) is 7.67. The number of hydrogen-bond donors (Lipinski definition) is 0. The molecule has 0 saturated heterocycles. The van der Waals surface area contributed by atoms with Crippen molar-refractivity contribution in [3.8, 4) is 0 Å². The molecule has 1 amide bonds. The van der Waals surface area contributed by atoms with Gasteiger partial charge in [0.2, 0.25) is 11.7 Å². The number of ketones is 1. The van der Waals surface area contributed by atoms with E-state index in [1.54, 1.807) is 38.4 Å². The molecule has 2 rings (SSSR count). The summed E-state index contributed by atoms with van der Waals surface area (Å²) >= 11 is 1.27. The molecule has 0 fully saturated rings. The highest BCUT2D eigenvalue weighted by Crippen LogP contribution is 2.24. The van der Waals surface area contributed by atoms with Gasteiger partial charge in [0.15, 0.2) is 6.61 Å². The standard InChI is InChI=1S/C22H28N2O4S/c1-14(2)24-15(3)11-18(16(24)4)19(25)12-28-22(27)17-9-7-8-10-20(17)29-13-21(26)23(5)6/h7-11,14H,12-13H2,1-6H3. The fourth-order valence-corrected chi connectivity index (χ4v) is 4.19. The van der Waals surface area contributed by atoms with Gasteiger partial charge in [-0.3, -0.25) is 9.59 Å². The normalized spacial score (nSPS) is 10.9. The molecule has 29 heavy (non-hydrogen) atoms. The van der Waals surface area contributed by atoms with Gasteiger partial charge in [-0.1, -0.05) is 12.1 Å². The van der Waals surface area contributed by atoms with Crippen LogP contribution in [0, 0.1) is 13.8 Å². The van der Waals surface area contributed by atoms with Gasteiger partial charge in [-0.25, -0.2) is 4.79 Å². The molecule has 156 valence electrons. The third kappa shape index (κ3) is 5.50. The minimum atomic E-state index is -0.573. The first-order chi connectivity index (χ1) is 13.6. The topological polar surface area (TPSA) is 68.6 Å². The van der Waals surface area contributed by atoms with Crippen LogP contribution in [0.15, 0.2) is 35.2 Å². The van der Waals surface area contributed by atoms with Crippen molar-refractivity contribution in [3.63, 3.8) is 0 Å². The summed E-state index contributed by atoms with van der Waals surface area (Å²) in [6.07, 6.45) is 0. The molecule has 0 aliphatic carbocycles. The van der Waals surface area contributed by atoms with Gasteiger partial charge in [-0.15, -0.1) is 11.8 Å². The first kappa shape index (κ1) is 22.7. The van der Waals surface area contributed by atoms with E-state index in [1.807, 2.05) is 19.9 Å². The van der Waals surface area contributed by atoms with Crippen LogP contribution in [0.3, 0.4) is 0 Å². The number of thioether (sulfide) groups is 1. The quantitative estimate of drug-likeness (QED) is 0.371. The lowest BCUT2D eigenvalue weighted by atomic mass is 10.1. The summed E-state index contributed by atoms with van der Waals surface area (Å²) in [7, 11) is 3.37. The number of carbonyl (C=O) groups excluding carboxylic acids is 3. The maximum absolute atomic E-state index is 12.6. The average Bonchev–Trinajstić information content (AvgIpc) is 2.98. The highest BCUT2D eigenvalue weighted by Gasteiger charge is 2.20. The Hall–Kier alpha value is -2.54. The first-order valence-corrected chi connectivity index (χ1v) is 10.4. The molecule has 0 unspecified atom stereocenters. The zero-order chi connectivity index (χ0) is 21.7. The molecule has 1 aromatic heterocycles. The van der Waals surface area contributed by atoms with Gasteiger partial charge < -0.3 is 14.2 Å². The molecule has 6 nitrogen and oxygen atoms in total. The number of carbonyl (C=O) groups is 3. The second-order valence-electron chi connectivity index (χ2n) is 7.32. The van der Waals surface area contributed by atoms with Crippen LogP contribution in [0.5, 0.6) is 0 Å². The average molecular weight is 417 g/mol. The SMILES string of the molecule is Cc1cc(C(=O)COC(=O)c2ccccc2SCC(=O)N(C)C)c(C)n1C(C)C. The van der Waals surface area contributed by atoms with Gasteiger partial charge in [-0.2, -0.15) is 0 Å². The Morgan fingerprint density at radius 3 is 2.34 bits per heavy atom. The molecule has 0 aliphatic heterocycles. The maximum Gasteiger partial charge on any atom is 0.339 e. The Morgan fingerprint density at radius 2 is 1.76 bits per heavy atom. The van der Waals surface area contributed by atoms with Crippen molar-refractivity contribution in [3.05, 3.63) is 52.8 Å². The number of ether oxygens (including phenoxy) is 1. The highest BCUT2D eigenvalue weighted by molar-refractivity contribution is 8.00. The summed E-state index contributed by atoms with van der Waals surface area (Å²) in [4.78, 5) is 39.1. The van der Waals surface area contributed by atoms with E-state index in [-0.39, 0.29) is 30.1 Å². The lowest BCUT2D eigenvalue weighted by molar-refractivity contribution is -0.125. The largest absolute Gasteiger partial charge is 0.454 e. The fourth-order valence-electron chi connectivity index (χ4n) is 3.17. The van der Waals surface area contributed by atoms with E-state index in [1.165, 1.54) is 16.7 Å². The molecule has 0 atom stereocenters. The van der Waals surface area contributed by atoms with Gasteiger partial charge in [0.1, 0.15) is 0 Å². The van der Waals surface area contributed by atoms with Crippen LogP contribution in [-0.4, -0.2) is 53.6 Å². The monoisotopic (exact) mass is 416 g/mol. The third-order valence-electron chi connectivity index (χ3n) is 4.59. The zero-order valence-corrected chi connectivity index (χ0v) is 18.6. The van der Waals surface area contributed by atoms with Gasteiger partial charge in [0.05, 0.1) is 11.3 Å². The van der Waals surface area contributed by atoms with E-state index in [2.05, 4.69) is 18.4 Å². The number of aromatic nitrogens is 1. The molecule has 0 spiro atoms. The summed E-state index contributed by atoms with van der Waals surface area (Å²) in [6.45, 7) is 7.65. The number of esters is 1. The molecule has 0 N–H and O–H groups in total. The number of hydrogen-bond acceptors (Lipinski definition) is 5. The summed E-state index contributed by atoms with van der Waals surface area (Å²) in [5.74, 6) is -0.631. The lowest BCUT2D eigenvalue weighted by Crippen LogP contribution is -2.23. The van der Waals surface area contributed by atoms with Crippen molar-refractivity contribution in [1.29, 1.82) is 0 Å². The van der Waals surface area contributed by atoms with Crippen molar-refractivity contribution in [1.82, 2.24) is 9.47 Å². The molecule has 7 heteroatoms. The van der Waals surface area contributed by atoms with E-state index in [9.17, 15) is 14.4 Å². The van der Waals surface area contributed by atoms with Crippen molar-refractivity contribution < 1.29 is 19.1 Å². The van der Waals surface area contributed by atoms with Gasteiger partial charge in [0, 0.05) is 42.0 Å². The zero-order valence-electron chi connectivity index (χ0n) is 17.8. The highest BCUT2D eigenvalue weighted by atomic mass is 32.2. The van der Waals surface area contributed by atoms with Crippen LogP contribution in [0.25, 0.3) is 0 Å². The van der Waals surface area contributed by atoms with Crippen LogP contribution < -0.4 is 0 Å². The van der Waals surface area contributed by atoms with E-state index < -0.39 is 5.97 Å². The van der Waals surface area contributed by atoms with Crippen molar-refractivity contribution >= 4 is 29.4 Å². The number of nitrogens with zero attached hydrogens (tertiary/aromatic N) is 2. The molecule has 1 heterocycles. The number of Topliss-reactive ketones (excluding diaryl/α,β-unsaturated/α-hetero) is 1. The minimum Gasteiger partial charge on any atom is -0.454 e. The third-order valence-corrected chi connectivity index (χ3v) is 5.65. The number of rotatable bonds is 8. The Labute approximate surface area is 176 Å². The maximum atomic E-state index is 12.6. The minimum absolute atomic E-state index is 0.0474. The van der Waals surface area contributed by atoms with Gasteiger partial charge in [0.25, 0.3) is 0 Å². The van der Waals surface area contributed by atoms with Gasteiger partial charge >= 0.3 is 5.97 Å². The molecule has 0 radical (unpaired) electrons. The first-order valence-electron chi connectivity index (χ1n) is 9.44. The molecule has 0 aliphatic rings. The van der Waals surface area contributed by atoms with Crippen LogP contribution in [0.4, 0.5) is 0 Å². The molecule has 2 aromatic rings. The number of amides is 1. The Balaban J connectivity index is 2.07. The van der Waals surface area contributed by atoms with Crippen molar-refractivity contribution in [2.45, 2.75) is 38.6 Å². The van der Waals surface area contributed by atoms with Gasteiger partial charge in [-0.05, 0) is 45.9 Å². The molecule has 0 bridgehead atoms. The summed E-state index contributed by atoms with van der Waals surface area (Å²) in [5.41, 5.74) is 2.80. The number of benzene rings is 1. The predicted molar refractivity (Wildman–Crippen MR) is 115 cm³/mol. The van der Waals surface area contributed by atoms with E-state index >= 15 is 0 Å². The molecular formula is C22H28N2O4S. The van der Waals surface area contributed by atoms with Crippen molar-refractivity contribution in [2.24, 2.45) is 0 Å². The summed E-state index contributed by atoms with van der Waals surface area (Å²) < 4.78 is 7.38. The molecule has 0 saturated carbocycles.